The van der Waals surface area contributed by atoms with Crippen LogP contribution >= 0.6 is 23.2 Å². The molecule has 0 bridgehead atoms. The molecule has 2 aliphatic carbocycles. The van der Waals surface area contributed by atoms with Gasteiger partial charge in [0.2, 0.25) is 11.8 Å². The summed E-state index contributed by atoms with van der Waals surface area (Å²) < 4.78 is 15.5. The molecule has 2 saturated heterocycles. The van der Waals surface area contributed by atoms with E-state index in [-0.39, 0.29) is 35.1 Å². The summed E-state index contributed by atoms with van der Waals surface area (Å²) in [5.74, 6) is -6.73. The third kappa shape index (κ3) is 4.76. The van der Waals surface area contributed by atoms with Crippen LogP contribution in [0.2, 0.25) is 10.0 Å². The van der Waals surface area contributed by atoms with Crippen LogP contribution in [-0.4, -0.2) is 66.1 Å². The van der Waals surface area contributed by atoms with Crippen molar-refractivity contribution in [1.29, 1.82) is 0 Å². The van der Waals surface area contributed by atoms with E-state index in [1.54, 1.807) is 48.5 Å². The van der Waals surface area contributed by atoms with E-state index in [9.17, 15) is 24.3 Å². The number of amides is 5. The van der Waals surface area contributed by atoms with Crippen LogP contribution in [0.5, 0.6) is 17.2 Å². The molecule has 3 aromatic carbocycles. The first-order valence-corrected chi connectivity index (χ1v) is 16.5. The van der Waals surface area contributed by atoms with Crippen LogP contribution in [0, 0.1) is 23.7 Å². The predicted molar refractivity (Wildman–Crippen MR) is 180 cm³/mol. The summed E-state index contributed by atoms with van der Waals surface area (Å²) in [5.41, 5.74) is 3.13. The molecule has 6 atom stereocenters. The number of allylic oxidation sites excluding steroid dienone is 2. The van der Waals surface area contributed by atoms with Gasteiger partial charge in [-0.2, -0.15) is 9.91 Å². The Kier molecular flexibility index (Phi) is 8.26. The molecular weight excluding hydrogens is 689 g/mol. The molecule has 6 unspecified atom stereocenters. The summed E-state index contributed by atoms with van der Waals surface area (Å²) in [6, 6.07) is 16.2. The van der Waals surface area contributed by atoms with Gasteiger partial charge < -0.3 is 19.3 Å². The normalized spacial score (nSPS) is 27.0. The average molecular weight is 721 g/mol. The number of halogens is 2. The third-order valence-corrected chi connectivity index (χ3v) is 11.0. The zero-order valence-corrected chi connectivity index (χ0v) is 28.5. The number of anilines is 1. The minimum absolute atomic E-state index is 0.0111. The van der Waals surface area contributed by atoms with E-state index in [0.29, 0.717) is 32.4 Å². The van der Waals surface area contributed by atoms with Crippen molar-refractivity contribution in [3.63, 3.8) is 0 Å². The number of aromatic hydroxyl groups is 1. The Labute approximate surface area is 296 Å². The van der Waals surface area contributed by atoms with Gasteiger partial charge in [-0.25, -0.2) is 4.79 Å². The Balaban J connectivity index is 1.47. The number of rotatable bonds is 6. The van der Waals surface area contributed by atoms with Crippen molar-refractivity contribution in [2.45, 2.75) is 24.2 Å². The Morgan fingerprint density at radius 2 is 1.64 bits per heavy atom. The molecule has 1 saturated carbocycles. The summed E-state index contributed by atoms with van der Waals surface area (Å²) in [6.07, 6.45) is 0.831. The number of nitrogens with zero attached hydrogens (tertiary/aromatic N) is 2. The summed E-state index contributed by atoms with van der Waals surface area (Å²) >= 11 is 12.6. The number of methoxy groups -OCH3 is 3. The maximum Gasteiger partial charge on any atom is 0.423 e. The molecule has 0 spiro atoms. The molecule has 2 aliphatic heterocycles. The number of imide groups is 4. The van der Waals surface area contributed by atoms with E-state index >= 15 is 4.79 Å². The molecular formula is C36H31Cl2N3O9. The minimum Gasteiger partial charge on any atom is -0.504 e. The molecule has 5 amide bonds. The molecule has 7 rings (SSSR count). The highest BCUT2D eigenvalue weighted by molar-refractivity contribution is 6.36. The van der Waals surface area contributed by atoms with Crippen molar-refractivity contribution in [3.05, 3.63) is 93.5 Å². The Bertz CT molecular complexity index is 2000. The minimum atomic E-state index is -1.63. The Morgan fingerprint density at radius 3 is 2.28 bits per heavy atom. The van der Waals surface area contributed by atoms with E-state index in [2.05, 4.69) is 5.43 Å². The van der Waals surface area contributed by atoms with E-state index in [1.807, 2.05) is 6.08 Å². The molecule has 2 N–H and O–H groups in total. The lowest BCUT2D eigenvalue weighted by Gasteiger charge is -2.50. The number of carbonyl (C=O) groups is 5. The standard InChI is InChI=1S/C36H31Cl2N3O9/c1-48-20-8-5-18(6-9-20)36-24(32(44)41(34(36)46)39-26-12-7-19(37)15-25(26)38)16-23-21(30(36)17-4-13-28(49-2)27(42)14-17)10-11-22-29(23)33(45)40(31(22)43)35(47)50-3/h4-10,12-15,22-24,29-30,39,42H,11,16H2,1-3H3. The summed E-state index contributed by atoms with van der Waals surface area (Å²) in [6.45, 7) is 0. The highest BCUT2D eigenvalue weighted by atomic mass is 35.5. The van der Waals surface area contributed by atoms with Crippen LogP contribution in [0.1, 0.15) is 29.9 Å². The van der Waals surface area contributed by atoms with Crippen LogP contribution in [0.4, 0.5) is 10.5 Å². The van der Waals surface area contributed by atoms with Gasteiger partial charge in [0, 0.05) is 10.9 Å². The lowest BCUT2D eigenvalue weighted by molar-refractivity contribution is -0.140. The quantitative estimate of drug-likeness (QED) is 0.248. The molecule has 0 aromatic heterocycles. The van der Waals surface area contributed by atoms with Crippen LogP contribution in [0.3, 0.4) is 0 Å². The predicted octanol–water partition coefficient (Wildman–Crippen LogP) is 5.47. The zero-order valence-electron chi connectivity index (χ0n) is 27.0. The second-order valence-electron chi connectivity index (χ2n) is 12.6. The van der Waals surface area contributed by atoms with Gasteiger partial charge in [0.25, 0.3) is 11.8 Å². The number of hydrogen-bond acceptors (Lipinski definition) is 10. The second kappa shape index (κ2) is 12.4. The molecule has 0 radical (unpaired) electrons. The average Bonchev–Trinajstić information content (AvgIpc) is 3.49. The second-order valence-corrected chi connectivity index (χ2v) is 13.5. The first kappa shape index (κ1) is 33.4. The molecule has 14 heteroatoms. The van der Waals surface area contributed by atoms with E-state index in [4.69, 9.17) is 37.4 Å². The largest absolute Gasteiger partial charge is 0.504 e. The topological polar surface area (TPSA) is 152 Å². The highest BCUT2D eigenvalue weighted by Crippen LogP contribution is 2.64. The van der Waals surface area contributed by atoms with Gasteiger partial charge in [0.15, 0.2) is 11.5 Å². The van der Waals surface area contributed by atoms with Gasteiger partial charge in [-0.15, -0.1) is 0 Å². The van der Waals surface area contributed by atoms with Gasteiger partial charge in [0.05, 0.1) is 55.2 Å². The Hall–Kier alpha value is -5.07. The fourth-order valence-corrected chi connectivity index (χ4v) is 8.83. The zero-order chi connectivity index (χ0) is 35.6. The number of fused-ring (bicyclic) bond motifs is 4. The van der Waals surface area contributed by atoms with Crippen molar-refractivity contribution in [1.82, 2.24) is 9.91 Å². The van der Waals surface area contributed by atoms with Crippen molar-refractivity contribution in [3.8, 4) is 17.2 Å². The monoisotopic (exact) mass is 719 g/mol. The molecule has 258 valence electrons. The van der Waals surface area contributed by atoms with Crippen molar-refractivity contribution in [2.24, 2.45) is 23.7 Å². The fraction of sp³-hybridized carbons (Fsp3) is 0.306. The maximum atomic E-state index is 15.2. The van der Waals surface area contributed by atoms with E-state index in [0.717, 1.165) is 12.1 Å². The molecule has 50 heavy (non-hydrogen) atoms. The summed E-state index contributed by atoms with van der Waals surface area (Å²) in [7, 11) is 4.00. The number of carbonyl (C=O) groups excluding carboxylic acids is 5. The van der Waals surface area contributed by atoms with E-state index < -0.39 is 64.7 Å². The van der Waals surface area contributed by atoms with Crippen LogP contribution in [-0.2, 0) is 29.3 Å². The molecule has 3 fully saturated rings. The van der Waals surface area contributed by atoms with Gasteiger partial charge in [-0.1, -0.05) is 53.1 Å². The van der Waals surface area contributed by atoms with Gasteiger partial charge in [-0.3, -0.25) is 24.6 Å². The number of likely N-dealkylation sites (tertiary alicyclic amines) is 1. The number of phenols is 1. The van der Waals surface area contributed by atoms with Crippen molar-refractivity contribution < 1.29 is 43.3 Å². The number of hydrogen-bond donors (Lipinski definition) is 2. The fourth-order valence-electron chi connectivity index (χ4n) is 8.38. The molecule has 3 aromatic rings. The summed E-state index contributed by atoms with van der Waals surface area (Å²) in [4.78, 5) is 70.5. The lowest BCUT2D eigenvalue weighted by atomic mass is 9.49. The van der Waals surface area contributed by atoms with Crippen LogP contribution < -0.4 is 14.9 Å². The van der Waals surface area contributed by atoms with Crippen LogP contribution in [0.15, 0.2) is 72.3 Å². The number of benzene rings is 3. The van der Waals surface area contributed by atoms with Crippen LogP contribution in [0.25, 0.3) is 0 Å². The number of hydrazine groups is 1. The van der Waals surface area contributed by atoms with Gasteiger partial charge in [-0.05, 0) is 72.4 Å². The number of ether oxygens (including phenoxy) is 3. The first-order valence-electron chi connectivity index (χ1n) is 15.7. The number of nitrogens with one attached hydrogen (secondary N) is 1. The van der Waals surface area contributed by atoms with Crippen molar-refractivity contribution in [2.75, 3.05) is 26.8 Å². The molecule has 12 nitrogen and oxygen atoms in total. The first-order chi connectivity index (χ1) is 24.0. The third-order valence-electron chi connectivity index (χ3n) is 10.5. The SMILES string of the molecule is COC(=O)N1C(=O)C2CC=C3C(CC4C(=O)N(Nc5ccc(Cl)cc5Cl)C(=O)C4(c4ccc(OC)cc4)C3c3ccc(OC)c(O)c3)C2C1=O. The summed E-state index contributed by atoms with van der Waals surface area (Å²) in [5, 5.41) is 12.5. The molecule has 4 aliphatic rings. The highest BCUT2D eigenvalue weighted by Gasteiger charge is 2.70. The maximum absolute atomic E-state index is 15.2. The van der Waals surface area contributed by atoms with Crippen molar-refractivity contribution >= 4 is 58.6 Å². The lowest BCUT2D eigenvalue weighted by Crippen LogP contribution is -2.53. The van der Waals surface area contributed by atoms with Gasteiger partial charge in [0.1, 0.15) is 5.75 Å². The van der Waals surface area contributed by atoms with Gasteiger partial charge >= 0.3 is 6.09 Å². The number of phenolic OH excluding ortho intramolecular Hbond substituents is 1. The molecule has 2 heterocycles. The van der Waals surface area contributed by atoms with E-state index in [1.165, 1.54) is 26.4 Å². The Morgan fingerprint density at radius 1 is 0.900 bits per heavy atom. The smallest absolute Gasteiger partial charge is 0.423 e.